The zero-order valence-electron chi connectivity index (χ0n) is 24.5. The van der Waals surface area contributed by atoms with Gasteiger partial charge in [-0.3, -0.25) is 13.9 Å². The largest absolute Gasteiger partial charge is 0.495 e. The Balaban J connectivity index is 2.11. The maximum Gasteiger partial charge on any atom is 0.264 e. The number of hydrogen-bond acceptors (Lipinski definition) is 5. The summed E-state index contributed by atoms with van der Waals surface area (Å²) in [5.41, 5.74) is 2.30. The van der Waals surface area contributed by atoms with Gasteiger partial charge in [-0.2, -0.15) is 0 Å². The van der Waals surface area contributed by atoms with E-state index in [1.807, 2.05) is 20.8 Å². The number of nitrogens with one attached hydrogen (secondary N) is 1. The number of carbonyl (C=O) groups is 2. The van der Waals surface area contributed by atoms with Crippen molar-refractivity contribution in [1.82, 2.24) is 10.2 Å². The monoisotopic (exact) mass is 633 g/mol. The summed E-state index contributed by atoms with van der Waals surface area (Å²) in [6.07, 6.45) is 1.66. The fourth-order valence-corrected chi connectivity index (χ4v) is 6.25. The van der Waals surface area contributed by atoms with E-state index >= 15 is 0 Å². The number of anilines is 1. The van der Waals surface area contributed by atoms with Crippen molar-refractivity contribution in [2.24, 2.45) is 0 Å². The number of halogens is 2. The van der Waals surface area contributed by atoms with E-state index < -0.39 is 28.5 Å². The number of amides is 2. The van der Waals surface area contributed by atoms with Gasteiger partial charge in [0.15, 0.2) is 0 Å². The lowest BCUT2D eigenvalue weighted by Crippen LogP contribution is -2.51. The lowest BCUT2D eigenvalue weighted by molar-refractivity contribution is -0.139. The number of methoxy groups -OCH3 is 1. The van der Waals surface area contributed by atoms with Crippen molar-refractivity contribution < 1.29 is 22.7 Å². The first kappa shape index (κ1) is 33.2. The van der Waals surface area contributed by atoms with E-state index in [2.05, 4.69) is 5.32 Å². The third kappa shape index (κ3) is 7.96. The smallest absolute Gasteiger partial charge is 0.264 e. The SMILES string of the molecule is CCCCNC(=O)[C@H](C)N(Cc1c(Cl)cccc1Cl)C(=O)CN(c1cc(C)ccc1OC)S(=O)(=O)c1ccc(C)cc1. The van der Waals surface area contributed by atoms with Crippen LogP contribution >= 0.6 is 23.2 Å². The third-order valence-electron chi connectivity index (χ3n) is 6.88. The third-order valence-corrected chi connectivity index (χ3v) is 9.36. The molecule has 0 aliphatic rings. The molecule has 8 nitrogen and oxygen atoms in total. The van der Waals surface area contributed by atoms with E-state index in [4.69, 9.17) is 27.9 Å². The lowest BCUT2D eigenvalue weighted by Gasteiger charge is -2.32. The van der Waals surface area contributed by atoms with E-state index in [-0.39, 0.29) is 28.8 Å². The molecule has 0 aliphatic heterocycles. The first-order chi connectivity index (χ1) is 19.9. The fourth-order valence-electron chi connectivity index (χ4n) is 4.32. The Morgan fingerprint density at radius 2 is 1.60 bits per heavy atom. The molecule has 0 saturated heterocycles. The van der Waals surface area contributed by atoms with Gasteiger partial charge in [0.1, 0.15) is 18.3 Å². The molecular formula is C31H37Cl2N3O5S. The minimum Gasteiger partial charge on any atom is -0.495 e. The average molecular weight is 635 g/mol. The number of benzene rings is 3. The van der Waals surface area contributed by atoms with Crippen molar-refractivity contribution >= 4 is 50.7 Å². The molecule has 226 valence electrons. The van der Waals surface area contributed by atoms with Crippen molar-refractivity contribution in [2.75, 3.05) is 24.5 Å². The minimum atomic E-state index is -4.25. The van der Waals surface area contributed by atoms with Crippen LogP contribution in [0, 0.1) is 13.8 Å². The van der Waals surface area contributed by atoms with Gasteiger partial charge >= 0.3 is 0 Å². The van der Waals surface area contributed by atoms with Gasteiger partial charge in [-0.1, -0.05) is 66.4 Å². The Morgan fingerprint density at radius 3 is 2.19 bits per heavy atom. The summed E-state index contributed by atoms with van der Waals surface area (Å²) < 4.78 is 34.7. The molecule has 0 unspecified atom stereocenters. The lowest BCUT2D eigenvalue weighted by atomic mass is 10.1. The number of carbonyl (C=O) groups excluding carboxylic acids is 2. The van der Waals surface area contributed by atoms with Crippen LogP contribution < -0.4 is 14.4 Å². The molecule has 0 spiro atoms. The predicted molar refractivity (Wildman–Crippen MR) is 168 cm³/mol. The molecule has 0 heterocycles. The summed E-state index contributed by atoms with van der Waals surface area (Å²) in [7, 11) is -2.82. The van der Waals surface area contributed by atoms with Gasteiger partial charge in [-0.15, -0.1) is 0 Å². The molecule has 0 saturated carbocycles. The van der Waals surface area contributed by atoms with E-state index in [9.17, 15) is 18.0 Å². The highest BCUT2D eigenvalue weighted by atomic mass is 35.5. The second-order valence-corrected chi connectivity index (χ2v) is 12.7. The number of aryl methyl sites for hydroxylation is 2. The topological polar surface area (TPSA) is 96.0 Å². The molecule has 3 aromatic rings. The average Bonchev–Trinajstić information content (AvgIpc) is 2.95. The Kier molecular flexibility index (Phi) is 11.7. The van der Waals surface area contributed by atoms with E-state index in [0.717, 1.165) is 28.3 Å². The summed E-state index contributed by atoms with van der Waals surface area (Å²) in [5.74, 6) is -0.723. The van der Waals surface area contributed by atoms with Crippen molar-refractivity contribution in [3.8, 4) is 5.75 Å². The Labute approximate surface area is 258 Å². The molecule has 11 heteroatoms. The number of sulfonamides is 1. The van der Waals surface area contributed by atoms with E-state index in [0.29, 0.717) is 22.2 Å². The van der Waals surface area contributed by atoms with Crippen molar-refractivity contribution in [1.29, 1.82) is 0 Å². The first-order valence-corrected chi connectivity index (χ1v) is 15.8. The molecule has 0 bridgehead atoms. The molecule has 1 N–H and O–H groups in total. The van der Waals surface area contributed by atoms with Crippen LogP contribution in [-0.2, 0) is 26.2 Å². The quantitative estimate of drug-likeness (QED) is 0.228. The molecule has 0 fully saturated rings. The zero-order chi connectivity index (χ0) is 31.0. The molecular weight excluding hydrogens is 597 g/mol. The van der Waals surface area contributed by atoms with Gasteiger partial charge in [-0.25, -0.2) is 8.42 Å². The van der Waals surface area contributed by atoms with Crippen LogP contribution in [0.25, 0.3) is 0 Å². The number of nitrogens with zero attached hydrogens (tertiary/aromatic N) is 2. The highest BCUT2D eigenvalue weighted by Crippen LogP contribution is 2.34. The molecule has 3 aromatic carbocycles. The Morgan fingerprint density at radius 1 is 0.976 bits per heavy atom. The Hall–Kier alpha value is -3.27. The predicted octanol–water partition coefficient (Wildman–Crippen LogP) is 6.15. The minimum absolute atomic E-state index is 0.00974. The zero-order valence-corrected chi connectivity index (χ0v) is 26.8. The number of rotatable bonds is 13. The van der Waals surface area contributed by atoms with E-state index in [1.165, 1.54) is 24.1 Å². The van der Waals surface area contributed by atoms with Gasteiger partial charge in [0.2, 0.25) is 11.8 Å². The van der Waals surface area contributed by atoms with Gasteiger partial charge in [0.25, 0.3) is 10.0 Å². The standard InChI is InChI=1S/C31H37Cl2N3O5S/c1-6-7-17-34-31(38)23(4)35(19-25-26(32)9-8-10-27(25)33)30(37)20-36(28-18-22(3)13-16-29(28)41-5)42(39,40)24-14-11-21(2)12-15-24/h8-16,18,23H,6-7,17,19-20H2,1-5H3,(H,34,38)/t23-/m0/s1. The second-order valence-electron chi connectivity index (χ2n) is 10.0. The van der Waals surface area contributed by atoms with Crippen LogP contribution in [0.1, 0.15) is 43.4 Å². The maximum atomic E-state index is 14.2. The maximum absolute atomic E-state index is 14.2. The molecule has 0 aliphatic carbocycles. The normalized spacial score (nSPS) is 12.0. The summed E-state index contributed by atoms with van der Waals surface area (Å²) in [4.78, 5) is 28.6. The van der Waals surface area contributed by atoms with E-state index in [1.54, 1.807) is 55.5 Å². The van der Waals surface area contributed by atoms with Crippen molar-refractivity contribution in [3.05, 3.63) is 87.4 Å². The van der Waals surface area contributed by atoms with Crippen LogP contribution in [0.15, 0.2) is 65.6 Å². The number of ether oxygens (including phenoxy) is 1. The highest BCUT2D eigenvalue weighted by Gasteiger charge is 2.34. The van der Waals surface area contributed by atoms with Gasteiger partial charge in [-0.05, 0) is 69.2 Å². The van der Waals surface area contributed by atoms with Gasteiger partial charge < -0.3 is 15.0 Å². The molecule has 0 radical (unpaired) electrons. The number of unbranched alkanes of at least 4 members (excludes halogenated alkanes) is 1. The molecule has 3 rings (SSSR count). The van der Waals surface area contributed by atoms with Crippen molar-refractivity contribution in [3.63, 3.8) is 0 Å². The van der Waals surface area contributed by atoms with Crippen LogP contribution in [0.3, 0.4) is 0 Å². The summed E-state index contributed by atoms with van der Waals surface area (Å²) in [6.45, 7) is 7.00. The van der Waals surface area contributed by atoms with Gasteiger partial charge in [0.05, 0.1) is 17.7 Å². The van der Waals surface area contributed by atoms with Crippen LogP contribution in [0.2, 0.25) is 10.0 Å². The molecule has 42 heavy (non-hydrogen) atoms. The summed E-state index contributed by atoms with van der Waals surface area (Å²) in [5, 5.41) is 3.50. The Bertz CT molecular complexity index is 1490. The highest BCUT2D eigenvalue weighted by molar-refractivity contribution is 7.92. The first-order valence-electron chi connectivity index (χ1n) is 13.6. The molecule has 1 atom stereocenters. The summed E-state index contributed by atoms with van der Waals surface area (Å²) in [6, 6.07) is 15.5. The van der Waals surface area contributed by atoms with Crippen molar-refractivity contribution in [2.45, 2.75) is 58.0 Å². The molecule has 0 aromatic heterocycles. The van der Waals surface area contributed by atoms with Crippen LogP contribution in [0.4, 0.5) is 5.69 Å². The van der Waals surface area contributed by atoms with Gasteiger partial charge in [0, 0.05) is 28.7 Å². The van der Waals surface area contributed by atoms with Crippen LogP contribution in [-0.4, -0.2) is 51.4 Å². The van der Waals surface area contributed by atoms with Crippen LogP contribution in [0.5, 0.6) is 5.75 Å². The number of hydrogen-bond donors (Lipinski definition) is 1. The fraction of sp³-hybridized carbons (Fsp3) is 0.355. The summed E-state index contributed by atoms with van der Waals surface area (Å²) >= 11 is 12.9. The second kappa shape index (κ2) is 14.8. The molecule has 2 amide bonds.